The first-order valence-corrected chi connectivity index (χ1v) is 13.2. The lowest BCUT2D eigenvalue weighted by molar-refractivity contribution is 0.0987. The summed E-state index contributed by atoms with van der Waals surface area (Å²) in [5.41, 5.74) is 1.27. The quantitative estimate of drug-likeness (QED) is 0.202. The number of nitrogens with zero attached hydrogens (tertiary/aromatic N) is 2. The van der Waals surface area contributed by atoms with Crippen molar-refractivity contribution in [3.05, 3.63) is 124 Å². The minimum absolute atomic E-state index is 0.00115. The third kappa shape index (κ3) is 5.81. The maximum absolute atomic E-state index is 14.0. The smallest absolute Gasteiger partial charge is 0.263 e. The van der Waals surface area contributed by atoms with Gasteiger partial charge in [0.25, 0.3) is 5.91 Å². The molecule has 4 aromatic carbocycles. The first kappa shape index (κ1) is 28.4. The predicted molar refractivity (Wildman–Crippen MR) is 157 cm³/mol. The fourth-order valence-corrected chi connectivity index (χ4v) is 4.72. The lowest BCUT2D eigenvalue weighted by atomic mass is 10.1. The van der Waals surface area contributed by atoms with Gasteiger partial charge in [-0.1, -0.05) is 30.3 Å². The molecule has 7 nitrogen and oxygen atoms in total. The highest BCUT2D eigenvalue weighted by Gasteiger charge is 2.23. The van der Waals surface area contributed by atoms with Gasteiger partial charge in [0.2, 0.25) is 5.43 Å². The Bertz CT molecular complexity index is 1800. The molecule has 0 N–H and O–H groups in total. The Morgan fingerprint density at radius 1 is 0.833 bits per heavy atom. The summed E-state index contributed by atoms with van der Waals surface area (Å²) in [5, 5.41) is 0.248. The molecule has 214 valence electrons. The molecule has 0 aliphatic rings. The van der Waals surface area contributed by atoms with Gasteiger partial charge in [-0.2, -0.15) is 0 Å². The maximum atomic E-state index is 14.0. The van der Waals surface area contributed by atoms with Crippen LogP contribution >= 0.6 is 0 Å². The van der Waals surface area contributed by atoms with Gasteiger partial charge >= 0.3 is 0 Å². The molecule has 0 saturated heterocycles. The van der Waals surface area contributed by atoms with Gasteiger partial charge in [-0.15, -0.1) is 0 Å². The number of carbonyl (C=O) groups excluding carboxylic acids is 1. The topological polar surface area (TPSA) is 70.0 Å². The third-order valence-electron chi connectivity index (χ3n) is 6.79. The van der Waals surface area contributed by atoms with E-state index in [0.29, 0.717) is 35.1 Å². The van der Waals surface area contributed by atoms with Crippen LogP contribution in [0.4, 0.5) is 14.5 Å². The summed E-state index contributed by atoms with van der Waals surface area (Å²) in [6, 6.07) is 22.6. The number of ether oxygens (including phenoxy) is 3. The van der Waals surface area contributed by atoms with Gasteiger partial charge in [0.15, 0.2) is 0 Å². The van der Waals surface area contributed by atoms with Crippen LogP contribution < -0.4 is 24.5 Å². The first-order chi connectivity index (χ1) is 20.3. The normalized spacial score (nSPS) is 10.9. The number of hydrogen-bond acceptors (Lipinski definition) is 5. The first-order valence-electron chi connectivity index (χ1n) is 13.2. The second-order valence-electron chi connectivity index (χ2n) is 9.44. The van der Waals surface area contributed by atoms with E-state index in [4.69, 9.17) is 14.2 Å². The van der Waals surface area contributed by atoms with Gasteiger partial charge in [0.05, 0.1) is 25.4 Å². The molecule has 1 amide bonds. The zero-order valence-corrected chi connectivity index (χ0v) is 23.3. The van der Waals surface area contributed by atoms with Crippen LogP contribution in [0.15, 0.2) is 95.9 Å². The summed E-state index contributed by atoms with van der Waals surface area (Å²) in [7, 11) is 3.04. The molecular weight excluding hydrogens is 542 g/mol. The Morgan fingerprint density at radius 2 is 1.52 bits per heavy atom. The van der Waals surface area contributed by atoms with Crippen molar-refractivity contribution in [2.45, 2.75) is 13.5 Å². The number of aromatic nitrogens is 1. The minimum Gasteiger partial charge on any atom is -0.497 e. The van der Waals surface area contributed by atoms with E-state index < -0.39 is 23.0 Å². The molecule has 9 heteroatoms. The van der Waals surface area contributed by atoms with Crippen LogP contribution in [0.2, 0.25) is 0 Å². The van der Waals surface area contributed by atoms with Crippen LogP contribution in [0.25, 0.3) is 16.6 Å². The number of anilines is 1. The molecule has 0 bridgehead atoms. The van der Waals surface area contributed by atoms with E-state index in [0.717, 1.165) is 28.7 Å². The molecule has 0 radical (unpaired) electrons. The van der Waals surface area contributed by atoms with Gasteiger partial charge in [0, 0.05) is 54.1 Å². The van der Waals surface area contributed by atoms with E-state index in [2.05, 4.69) is 0 Å². The van der Waals surface area contributed by atoms with Crippen LogP contribution in [0.1, 0.15) is 22.8 Å². The van der Waals surface area contributed by atoms with E-state index in [1.165, 1.54) is 20.4 Å². The zero-order chi connectivity index (χ0) is 29.8. The standard InChI is InChI=1S/C33H28F2N2O5/c1-4-36(24-13-22(34)12-23(35)14-24)33(39)30-19-37(31-18-26(40-2)10-11-29(31)32(30)38)25-15-27(41-3)17-28(16-25)42-20-21-8-6-5-7-9-21/h5-19H,4,20H2,1-3H3. The Labute approximate surface area is 241 Å². The molecule has 5 aromatic rings. The van der Waals surface area contributed by atoms with Crippen LogP contribution in [-0.4, -0.2) is 31.2 Å². The second-order valence-corrected chi connectivity index (χ2v) is 9.44. The molecule has 0 aliphatic heterocycles. The highest BCUT2D eigenvalue weighted by Crippen LogP contribution is 2.30. The van der Waals surface area contributed by atoms with Crippen LogP contribution in [-0.2, 0) is 6.61 Å². The summed E-state index contributed by atoms with van der Waals surface area (Å²) in [6.07, 6.45) is 1.42. The number of benzene rings is 4. The van der Waals surface area contributed by atoms with E-state index >= 15 is 0 Å². The molecule has 0 atom stereocenters. The SMILES string of the molecule is CCN(C(=O)c1cn(-c2cc(OC)cc(OCc3ccccc3)c2)c2cc(OC)ccc2c1=O)c1cc(F)cc(F)c1. The summed E-state index contributed by atoms with van der Waals surface area (Å²) < 4.78 is 46.8. The average molecular weight is 571 g/mol. The van der Waals surface area contributed by atoms with Gasteiger partial charge in [-0.05, 0) is 36.8 Å². The van der Waals surface area contributed by atoms with E-state index in [9.17, 15) is 18.4 Å². The Morgan fingerprint density at radius 3 is 2.19 bits per heavy atom. The molecule has 1 aromatic heterocycles. The lowest BCUT2D eigenvalue weighted by Gasteiger charge is -2.22. The number of carbonyl (C=O) groups is 1. The Hall–Kier alpha value is -5.18. The lowest BCUT2D eigenvalue weighted by Crippen LogP contribution is -2.35. The maximum Gasteiger partial charge on any atom is 0.263 e. The molecule has 0 spiro atoms. The molecule has 1 heterocycles. The molecule has 0 fully saturated rings. The number of pyridine rings is 1. The number of amides is 1. The summed E-state index contributed by atoms with van der Waals surface area (Å²) in [5.74, 6) is -0.881. The minimum atomic E-state index is -0.835. The van der Waals surface area contributed by atoms with Crippen molar-refractivity contribution in [1.82, 2.24) is 4.57 Å². The summed E-state index contributed by atoms with van der Waals surface area (Å²) in [6.45, 7) is 2.04. The van der Waals surface area contributed by atoms with Crippen LogP contribution in [0, 0.1) is 11.6 Å². The molecule has 42 heavy (non-hydrogen) atoms. The van der Waals surface area contributed by atoms with Crippen molar-refractivity contribution in [2.75, 3.05) is 25.7 Å². The van der Waals surface area contributed by atoms with Crippen LogP contribution in [0.5, 0.6) is 17.2 Å². The molecule has 0 saturated carbocycles. The van der Waals surface area contributed by atoms with E-state index in [1.54, 1.807) is 47.9 Å². The fraction of sp³-hybridized carbons (Fsp3) is 0.152. The fourth-order valence-electron chi connectivity index (χ4n) is 4.72. The van der Waals surface area contributed by atoms with Crippen molar-refractivity contribution in [3.8, 4) is 22.9 Å². The largest absolute Gasteiger partial charge is 0.497 e. The highest BCUT2D eigenvalue weighted by atomic mass is 19.1. The van der Waals surface area contributed by atoms with E-state index in [1.807, 2.05) is 30.3 Å². The molecule has 5 rings (SSSR count). The Balaban J connectivity index is 1.67. The van der Waals surface area contributed by atoms with Crippen molar-refractivity contribution in [2.24, 2.45) is 0 Å². The van der Waals surface area contributed by atoms with Gasteiger partial charge < -0.3 is 23.7 Å². The average Bonchev–Trinajstić information content (AvgIpc) is 3.00. The predicted octanol–water partition coefficient (Wildman–Crippen LogP) is 6.53. The molecular formula is C33H28F2N2O5. The number of hydrogen-bond donors (Lipinski definition) is 0. The number of fused-ring (bicyclic) bond motifs is 1. The van der Waals surface area contributed by atoms with Gasteiger partial charge in [-0.3, -0.25) is 9.59 Å². The number of methoxy groups -OCH3 is 2. The van der Waals surface area contributed by atoms with Crippen molar-refractivity contribution in [1.29, 1.82) is 0 Å². The summed E-state index contributed by atoms with van der Waals surface area (Å²) in [4.78, 5) is 28.7. The van der Waals surface area contributed by atoms with E-state index in [-0.39, 0.29) is 23.2 Å². The second kappa shape index (κ2) is 12.1. The van der Waals surface area contributed by atoms with Crippen molar-refractivity contribution < 1.29 is 27.8 Å². The van der Waals surface area contributed by atoms with Gasteiger partial charge in [-0.25, -0.2) is 8.78 Å². The van der Waals surface area contributed by atoms with Crippen molar-refractivity contribution in [3.63, 3.8) is 0 Å². The van der Waals surface area contributed by atoms with Crippen molar-refractivity contribution >= 4 is 22.5 Å². The monoisotopic (exact) mass is 570 g/mol. The summed E-state index contributed by atoms with van der Waals surface area (Å²) >= 11 is 0. The molecule has 0 aliphatic carbocycles. The molecule has 0 unspecified atom stereocenters. The zero-order valence-electron chi connectivity index (χ0n) is 23.3. The van der Waals surface area contributed by atoms with Gasteiger partial charge in [0.1, 0.15) is 41.1 Å². The third-order valence-corrected chi connectivity index (χ3v) is 6.79. The number of halogens is 2. The Kier molecular flexibility index (Phi) is 8.19. The highest BCUT2D eigenvalue weighted by molar-refractivity contribution is 6.07. The number of rotatable bonds is 9. The van der Waals surface area contributed by atoms with Crippen LogP contribution in [0.3, 0.4) is 0 Å².